The van der Waals surface area contributed by atoms with Gasteiger partial charge >= 0.3 is 0 Å². The van der Waals surface area contributed by atoms with Crippen LogP contribution in [0, 0.1) is 5.92 Å². The van der Waals surface area contributed by atoms with Gasteiger partial charge in [-0.15, -0.1) is 0 Å². The topological polar surface area (TPSA) is 49.6 Å². The van der Waals surface area contributed by atoms with Gasteiger partial charge in [0.15, 0.2) is 0 Å². The summed E-state index contributed by atoms with van der Waals surface area (Å²) < 4.78 is 0. The largest absolute Gasteiger partial charge is 0.371 e. The van der Waals surface area contributed by atoms with Crippen molar-refractivity contribution < 1.29 is 4.79 Å². The number of hydrogen-bond acceptors (Lipinski definition) is 3. The minimum atomic E-state index is 0.192. The molecule has 1 amide bonds. The van der Waals surface area contributed by atoms with Gasteiger partial charge < -0.3 is 15.5 Å². The average Bonchev–Trinajstić information content (AvgIpc) is 2.45. The lowest BCUT2D eigenvalue weighted by molar-refractivity contribution is -0.119. The Morgan fingerprint density at radius 3 is 2.63 bits per heavy atom. The Hall–Kier alpha value is -1.55. The van der Waals surface area contributed by atoms with E-state index < -0.39 is 0 Å². The van der Waals surface area contributed by atoms with E-state index >= 15 is 0 Å². The van der Waals surface area contributed by atoms with Gasteiger partial charge in [0, 0.05) is 26.6 Å². The van der Waals surface area contributed by atoms with Crippen molar-refractivity contribution in [2.45, 2.75) is 19.8 Å². The summed E-state index contributed by atoms with van der Waals surface area (Å²) in [4.78, 5) is 16.6. The molecule has 1 aromatic carbocycles. The zero-order chi connectivity index (χ0) is 13.8. The highest BCUT2D eigenvalue weighted by Gasteiger charge is 2.25. The maximum atomic E-state index is 12.4. The molecular formula is C15H23N3O. The molecule has 0 aliphatic carbocycles. The number of hydrogen-bond donors (Lipinski definition) is 1. The van der Waals surface area contributed by atoms with Crippen LogP contribution < -0.4 is 15.5 Å². The van der Waals surface area contributed by atoms with Crippen molar-refractivity contribution in [3.63, 3.8) is 0 Å². The molecule has 0 saturated heterocycles. The zero-order valence-corrected chi connectivity index (χ0v) is 11.8. The van der Waals surface area contributed by atoms with Crippen LogP contribution in [-0.2, 0) is 4.79 Å². The summed E-state index contributed by atoms with van der Waals surface area (Å²) in [6.45, 7) is 4.30. The van der Waals surface area contributed by atoms with Gasteiger partial charge in [-0.3, -0.25) is 4.79 Å². The molecule has 0 aromatic heterocycles. The van der Waals surface area contributed by atoms with E-state index in [-0.39, 0.29) is 5.91 Å². The Morgan fingerprint density at radius 1 is 1.32 bits per heavy atom. The molecule has 19 heavy (non-hydrogen) atoms. The summed E-state index contributed by atoms with van der Waals surface area (Å²) in [5.41, 5.74) is 7.85. The van der Waals surface area contributed by atoms with E-state index in [2.05, 4.69) is 24.9 Å². The molecule has 0 spiro atoms. The normalized spacial score (nSPS) is 16.2. The maximum absolute atomic E-state index is 12.4. The van der Waals surface area contributed by atoms with Gasteiger partial charge in [0.1, 0.15) is 0 Å². The molecule has 4 heteroatoms. The van der Waals surface area contributed by atoms with Crippen LogP contribution in [0.1, 0.15) is 19.8 Å². The van der Waals surface area contributed by atoms with Gasteiger partial charge in [-0.2, -0.15) is 0 Å². The van der Waals surface area contributed by atoms with Crippen LogP contribution in [0.4, 0.5) is 11.4 Å². The number of para-hydroxylation sites is 2. The Bertz CT molecular complexity index is 443. The average molecular weight is 261 g/mol. The van der Waals surface area contributed by atoms with Crippen LogP contribution in [0.2, 0.25) is 0 Å². The number of carbonyl (C=O) groups excluding carboxylic acids is 1. The molecule has 1 unspecified atom stereocenters. The van der Waals surface area contributed by atoms with Gasteiger partial charge in [0.25, 0.3) is 0 Å². The number of fused-ring (bicyclic) bond motifs is 1. The number of anilines is 2. The number of nitrogens with zero attached hydrogens (tertiary/aromatic N) is 2. The van der Waals surface area contributed by atoms with Crippen molar-refractivity contribution in [2.24, 2.45) is 11.7 Å². The van der Waals surface area contributed by atoms with Crippen LogP contribution in [0.3, 0.4) is 0 Å². The molecule has 2 N–H and O–H groups in total. The molecule has 1 atom stereocenters. The number of amides is 1. The lowest BCUT2D eigenvalue weighted by Crippen LogP contribution is -2.43. The van der Waals surface area contributed by atoms with Crippen LogP contribution >= 0.6 is 0 Å². The van der Waals surface area contributed by atoms with E-state index in [0.29, 0.717) is 18.9 Å². The maximum Gasteiger partial charge on any atom is 0.227 e. The Balaban J connectivity index is 2.18. The number of likely N-dealkylation sites (N-methyl/N-ethyl adjacent to an activating group) is 1. The second-order valence-electron chi connectivity index (χ2n) is 5.17. The van der Waals surface area contributed by atoms with Crippen molar-refractivity contribution in [3.05, 3.63) is 24.3 Å². The standard InChI is InChI=1S/C15H23N3O/c1-3-12(11-16)10-15(19)18-9-8-17(2)13-6-4-5-7-14(13)18/h4-7,12H,3,8-11,16H2,1-2H3. The molecule has 1 aliphatic heterocycles. The minimum absolute atomic E-state index is 0.192. The first-order valence-corrected chi connectivity index (χ1v) is 6.98. The second-order valence-corrected chi connectivity index (χ2v) is 5.17. The molecule has 1 aliphatic rings. The molecule has 0 bridgehead atoms. The molecule has 1 aromatic rings. The molecular weight excluding hydrogens is 238 g/mol. The summed E-state index contributed by atoms with van der Waals surface area (Å²) in [6, 6.07) is 8.08. The molecule has 0 radical (unpaired) electrons. The first kappa shape index (κ1) is 13.9. The molecule has 4 nitrogen and oxygen atoms in total. The molecule has 0 fully saturated rings. The van der Waals surface area contributed by atoms with E-state index in [1.54, 1.807) is 0 Å². The fourth-order valence-electron chi connectivity index (χ4n) is 2.52. The van der Waals surface area contributed by atoms with Gasteiger partial charge in [0.05, 0.1) is 11.4 Å². The lowest BCUT2D eigenvalue weighted by atomic mass is 10.0. The molecule has 0 saturated carbocycles. The molecule has 104 valence electrons. The minimum Gasteiger partial charge on any atom is -0.371 e. The van der Waals surface area contributed by atoms with Gasteiger partial charge in [-0.05, 0) is 24.6 Å². The smallest absolute Gasteiger partial charge is 0.227 e. The van der Waals surface area contributed by atoms with E-state index in [4.69, 9.17) is 5.73 Å². The fraction of sp³-hybridized carbons (Fsp3) is 0.533. The van der Waals surface area contributed by atoms with Gasteiger partial charge in [0.2, 0.25) is 5.91 Å². The van der Waals surface area contributed by atoms with Crippen molar-refractivity contribution in [2.75, 3.05) is 36.5 Å². The van der Waals surface area contributed by atoms with Crippen molar-refractivity contribution in [1.29, 1.82) is 0 Å². The number of benzene rings is 1. The molecule has 1 heterocycles. The SMILES string of the molecule is CCC(CN)CC(=O)N1CCN(C)c2ccccc21. The summed E-state index contributed by atoms with van der Waals surface area (Å²) in [7, 11) is 2.06. The van der Waals surface area contributed by atoms with Crippen LogP contribution in [0.15, 0.2) is 24.3 Å². The summed E-state index contributed by atoms with van der Waals surface area (Å²) in [6.07, 6.45) is 1.50. The quantitative estimate of drug-likeness (QED) is 0.900. The van der Waals surface area contributed by atoms with Crippen molar-refractivity contribution in [1.82, 2.24) is 0 Å². The Morgan fingerprint density at radius 2 is 2.00 bits per heavy atom. The summed E-state index contributed by atoms with van der Waals surface area (Å²) >= 11 is 0. The van der Waals surface area contributed by atoms with Crippen molar-refractivity contribution in [3.8, 4) is 0 Å². The Kier molecular flexibility index (Phi) is 4.43. The van der Waals surface area contributed by atoms with Crippen LogP contribution in [-0.4, -0.2) is 32.6 Å². The van der Waals surface area contributed by atoms with E-state index in [9.17, 15) is 4.79 Å². The Labute approximate surface area is 115 Å². The number of carbonyl (C=O) groups is 1. The first-order valence-electron chi connectivity index (χ1n) is 6.98. The van der Waals surface area contributed by atoms with E-state index in [1.807, 2.05) is 23.1 Å². The first-order chi connectivity index (χ1) is 9.17. The molecule has 2 rings (SSSR count). The van der Waals surface area contributed by atoms with Gasteiger partial charge in [-0.25, -0.2) is 0 Å². The summed E-state index contributed by atoms with van der Waals surface area (Å²) in [5.74, 6) is 0.483. The van der Waals surface area contributed by atoms with Crippen LogP contribution in [0.5, 0.6) is 0 Å². The second kappa shape index (κ2) is 6.06. The zero-order valence-electron chi connectivity index (χ0n) is 11.8. The summed E-state index contributed by atoms with van der Waals surface area (Å²) in [5, 5.41) is 0. The number of rotatable bonds is 4. The fourth-order valence-corrected chi connectivity index (χ4v) is 2.52. The van der Waals surface area contributed by atoms with Gasteiger partial charge in [-0.1, -0.05) is 25.5 Å². The lowest BCUT2D eigenvalue weighted by Gasteiger charge is -2.36. The van der Waals surface area contributed by atoms with E-state index in [0.717, 1.165) is 30.9 Å². The monoisotopic (exact) mass is 261 g/mol. The third-order valence-corrected chi connectivity index (χ3v) is 3.92. The highest BCUT2D eigenvalue weighted by atomic mass is 16.2. The van der Waals surface area contributed by atoms with E-state index in [1.165, 1.54) is 0 Å². The van der Waals surface area contributed by atoms with Crippen molar-refractivity contribution >= 4 is 17.3 Å². The van der Waals surface area contributed by atoms with Crippen LogP contribution in [0.25, 0.3) is 0 Å². The predicted molar refractivity (Wildman–Crippen MR) is 79.5 cm³/mol. The number of nitrogens with two attached hydrogens (primary N) is 1. The highest BCUT2D eigenvalue weighted by Crippen LogP contribution is 2.32. The predicted octanol–water partition coefficient (Wildman–Crippen LogP) is 1.84. The third-order valence-electron chi connectivity index (χ3n) is 3.92. The highest BCUT2D eigenvalue weighted by molar-refractivity contribution is 5.97. The third kappa shape index (κ3) is 2.89.